The van der Waals surface area contributed by atoms with Gasteiger partial charge in [0.05, 0.1) is 7.11 Å². The van der Waals surface area contributed by atoms with Crippen LogP contribution in [0.1, 0.15) is 89.5 Å². The molecule has 0 saturated carbocycles. The molecule has 0 bridgehead atoms. The molecular formula is C24H35FO2. The molecule has 0 N–H and O–H groups in total. The lowest BCUT2D eigenvalue weighted by molar-refractivity contribution is -0.125. The van der Waals surface area contributed by atoms with Crippen molar-refractivity contribution in [1.82, 2.24) is 0 Å². The number of alkyl halides is 1. The highest BCUT2D eigenvalue weighted by molar-refractivity contribution is 6.05. The van der Waals surface area contributed by atoms with Crippen molar-refractivity contribution in [1.29, 1.82) is 0 Å². The lowest BCUT2D eigenvalue weighted by atomic mass is 9.78. The minimum absolute atomic E-state index is 0.0746. The monoisotopic (exact) mass is 374 g/mol. The lowest BCUT2D eigenvalue weighted by Gasteiger charge is -2.29. The van der Waals surface area contributed by atoms with Crippen molar-refractivity contribution in [2.75, 3.05) is 7.11 Å². The van der Waals surface area contributed by atoms with Crippen LogP contribution in [0, 0.1) is 0 Å². The van der Waals surface area contributed by atoms with Crippen LogP contribution >= 0.6 is 0 Å². The molecule has 0 aromatic heterocycles. The van der Waals surface area contributed by atoms with Crippen LogP contribution in [0.4, 0.5) is 4.39 Å². The fourth-order valence-corrected chi connectivity index (χ4v) is 3.88. The summed E-state index contributed by atoms with van der Waals surface area (Å²) in [6.07, 6.45) is 6.92. The minimum Gasteiger partial charge on any atom is -0.496 e. The summed E-state index contributed by atoms with van der Waals surface area (Å²) in [6.45, 7) is 11.6. The summed E-state index contributed by atoms with van der Waals surface area (Å²) >= 11 is 0. The number of hydrogen-bond acceptors (Lipinski definition) is 2. The number of halogens is 1. The summed E-state index contributed by atoms with van der Waals surface area (Å²) in [6, 6.07) is 2.16. The smallest absolute Gasteiger partial charge is 0.195 e. The highest BCUT2D eigenvalue weighted by Crippen LogP contribution is 2.41. The van der Waals surface area contributed by atoms with E-state index in [1.54, 1.807) is 14.0 Å². The second-order valence-corrected chi connectivity index (χ2v) is 8.86. The first-order valence-electron chi connectivity index (χ1n) is 10.2. The molecule has 0 aliphatic heterocycles. The molecule has 3 heteroatoms. The Hall–Kier alpha value is -1.64. The van der Waals surface area contributed by atoms with Gasteiger partial charge in [0.1, 0.15) is 5.75 Å². The lowest BCUT2D eigenvalue weighted by Crippen LogP contribution is -2.30. The van der Waals surface area contributed by atoms with Gasteiger partial charge in [0.25, 0.3) is 0 Å². The molecule has 2 rings (SSSR count). The van der Waals surface area contributed by atoms with E-state index in [0.29, 0.717) is 12.0 Å². The van der Waals surface area contributed by atoms with Crippen LogP contribution in [-0.2, 0) is 23.1 Å². The van der Waals surface area contributed by atoms with Gasteiger partial charge in [-0.25, -0.2) is 4.39 Å². The molecule has 1 atom stereocenters. The summed E-state index contributed by atoms with van der Waals surface area (Å²) in [5.41, 5.74) is 3.44. The third-order valence-electron chi connectivity index (χ3n) is 5.79. The maximum Gasteiger partial charge on any atom is 0.195 e. The highest BCUT2D eigenvalue weighted by Gasteiger charge is 2.33. The van der Waals surface area contributed by atoms with E-state index in [-0.39, 0.29) is 17.6 Å². The number of hydrogen-bond donors (Lipinski definition) is 0. The first-order valence-corrected chi connectivity index (χ1v) is 10.2. The zero-order valence-electron chi connectivity index (χ0n) is 18.1. The standard InChI is InChI=1S/C24H35FO2/c1-8-16(22(26)24(6,25)9-2)14-17-15-20(23(3,4)5)21(27-7)19-13-11-10-12-18(17)19/h14-15H,8-13H2,1-7H3. The van der Waals surface area contributed by atoms with Gasteiger partial charge in [0.15, 0.2) is 11.5 Å². The zero-order valence-corrected chi connectivity index (χ0v) is 18.1. The second-order valence-electron chi connectivity index (χ2n) is 8.86. The zero-order chi connectivity index (χ0) is 20.4. The van der Waals surface area contributed by atoms with Gasteiger partial charge in [0.2, 0.25) is 0 Å². The Morgan fingerprint density at radius 3 is 2.22 bits per heavy atom. The van der Waals surface area contributed by atoms with Gasteiger partial charge in [-0.3, -0.25) is 4.79 Å². The summed E-state index contributed by atoms with van der Waals surface area (Å²) in [4.78, 5) is 12.7. The number of carbonyl (C=O) groups excluding carboxylic acids is 1. The van der Waals surface area contributed by atoms with Gasteiger partial charge >= 0.3 is 0 Å². The topological polar surface area (TPSA) is 26.3 Å². The van der Waals surface area contributed by atoms with Gasteiger partial charge in [-0.1, -0.05) is 34.6 Å². The van der Waals surface area contributed by atoms with Gasteiger partial charge in [0, 0.05) is 5.56 Å². The molecule has 1 unspecified atom stereocenters. The van der Waals surface area contributed by atoms with E-state index in [2.05, 4.69) is 26.8 Å². The second kappa shape index (κ2) is 8.16. The quantitative estimate of drug-likeness (QED) is 0.541. The van der Waals surface area contributed by atoms with E-state index < -0.39 is 5.67 Å². The SMILES string of the molecule is CCC(=Cc1cc(C(C)(C)C)c(OC)c2c1CCCC2)C(=O)C(C)(F)CC. The van der Waals surface area contributed by atoms with Crippen molar-refractivity contribution in [2.24, 2.45) is 0 Å². The Balaban J connectivity index is 2.70. The van der Waals surface area contributed by atoms with Crippen LogP contribution in [-0.4, -0.2) is 18.6 Å². The van der Waals surface area contributed by atoms with E-state index >= 15 is 0 Å². The molecular weight excluding hydrogens is 339 g/mol. The summed E-state index contributed by atoms with van der Waals surface area (Å²) in [5, 5.41) is 0. The van der Waals surface area contributed by atoms with Crippen LogP contribution in [0.2, 0.25) is 0 Å². The van der Waals surface area contributed by atoms with Crippen LogP contribution in [0.15, 0.2) is 11.6 Å². The highest BCUT2D eigenvalue weighted by atomic mass is 19.1. The van der Waals surface area contributed by atoms with Gasteiger partial charge in [-0.15, -0.1) is 0 Å². The summed E-state index contributed by atoms with van der Waals surface area (Å²) in [5.74, 6) is 0.604. The summed E-state index contributed by atoms with van der Waals surface area (Å²) in [7, 11) is 1.74. The molecule has 0 fully saturated rings. The molecule has 0 amide bonds. The van der Waals surface area contributed by atoms with Crippen molar-refractivity contribution in [2.45, 2.75) is 91.2 Å². The molecule has 1 aliphatic carbocycles. The number of fused-ring (bicyclic) bond motifs is 1. The largest absolute Gasteiger partial charge is 0.496 e. The van der Waals surface area contributed by atoms with Crippen LogP contribution in [0.5, 0.6) is 5.75 Å². The number of ether oxygens (including phenoxy) is 1. The van der Waals surface area contributed by atoms with Crippen molar-refractivity contribution in [3.05, 3.63) is 33.9 Å². The summed E-state index contributed by atoms with van der Waals surface area (Å²) < 4.78 is 20.5. The van der Waals surface area contributed by atoms with Crippen LogP contribution in [0.25, 0.3) is 6.08 Å². The molecule has 0 saturated heterocycles. The first kappa shape index (κ1) is 21.7. The maximum absolute atomic E-state index is 14.7. The normalized spacial score (nSPS) is 17.3. The molecule has 27 heavy (non-hydrogen) atoms. The molecule has 150 valence electrons. The van der Waals surface area contributed by atoms with E-state index in [1.165, 1.54) is 18.1 Å². The van der Waals surface area contributed by atoms with Gasteiger partial charge < -0.3 is 4.74 Å². The third kappa shape index (κ3) is 4.44. The number of benzene rings is 1. The van der Waals surface area contributed by atoms with Crippen molar-refractivity contribution < 1.29 is 13.9 Å². The van der Waals surface area contributed by atoms with E-state index in [9.17, 15) is 9.18 Å². The molecule has 2 nitrogen and oxygen atoms in total. The Bertz CT molecular complexity index is 736. The molecule has 0 spiro atoms. The predicted octanol–water partition coefficient (Wildman–Crippen LogP) is 6.37. The van der Waals surface area contributed by atoms with Crippen molar-refractivity contribution in [3.8, 4) is 5.75 Å². The Kier molecular flexibility index (Phi) is 6.55. The number of ketones is 1. The Morgan fingerprint density at radius 1 is 1.15 bits per heavy atom. The average Bonchev–Trinajstić information content (AvgIpc) is 2.64. The van der Waals surface area contributed by atoms with Gasteiger partial charge in [-0.05, 0) is 85.3 Å². The molecule has 1 aromatic rings. The fourth-order valence-electron chi connectivity index (χ4n) is 3.88. The minimum atomic E-state index is -1.80. The van der Waals surface area contributed by atoms with Gasteiger partial charge in [-0.2, -0.15) is 0 Å². The first-order chi connectivity index (χ1) is 12.6. The Morgan fingerprint density at radius 2 is 1.74 bits per heavy atom. The number of methoxy groups -OCH3 is 1. The van der Waals surface area contributed by atoms with Crippen LogP contribution < -0.4 is 4.74 Å². The molecule has 1 aliphatic rings. The number of allylic oxidation sites excluding steroid dienone is 1. The van der Waals surface area contributed by atoms with Crippen LogP contribution in [0.3, 0.4) is 0 Å². The number of rotatable bonds is 6. The van der Waals surface area contributed by atoms with E-state index in [0.717, 1.165) is 42.6 Å². The molecule has 0 heterocycles. The number of carbonyl (C=O) groups is 1. The van der Waals surface area contributed by atoms with E-state index in [4.69, 9.17) is 4.74 Å². The predicted molar refractivity (Wildman–Crippen MR) is 111 cm³/mol. The Labute approximate surface area is 164 Å². The van der Waals surface area contributed by atoms with Crippen molar-refractivity contribution in [3.63, 3.8) is 0 Å². The average molecular weight is 375 g/mol. The maximum atomic E-state index is 14.7. The third-order valence-corrected chi connectivity index (χ3v) is 5.79. The van der Waals surface area contributed by atoms with Crippen molar-refractivity contribution >= 4 is 11.9 Å². The molecule has 0 radical (unpaired) electrons. The van der Waals surface area contributed by atoms with E-state index in [1.807, 2.05) is 13.0 Å². The number of Topliss-reactive ketones (excluding diaryl/α,β-unsaturated/α-hetero) is 1. The molecule has 1 aromatic carbocycles. The fraction of sp³-hybridized carbons (Fsp3) is 0.625.